The number of halogens is 1. The summed E-state index contributed by atoms with van der Waals surface area (Å²) in [5, 5.41) is 0. The molecule has 0 rings (SSSR count). The van der Waals surface area contributed by atoms with Crippen molar-refractivity contribution < 1.29 is 0 Å². The minimum atomic E-state index is -0.0403. The van der Waals surface area contributed by atoms with Gasteiger partial charge < -0.3 is 9.88 Å². The zero-order valence-corrected chi connectivity index (χ0v) is 9.03. The van der Waals surface area contributed by atoms with E-state index < -0.39 is 0 Å². The first-order valence-electron chi connectivity index (χ1n) is 3.69. The Balaban J connectivity index is 2.77. The average Bonchev–Trinajstić information content (AvgIpc) is 1.87. The highest BCUT2D eigenvalue weighted by Crippen LogP contribution is 1.79. The third kappa shape index (κ3) is 8.43. The molecule has 0 spiro atoms. The summed E-state index contributed by atoms with van der Waals surface area (Å²) in [6.45, 7) is 2.26. The van der Waals surface area contributed by atoms with Crippen molar-refractivity contribution in [1.82, 2.24) is 9.88 Å². The molecule has 0 aromatic carbocycles. The summed E-state index contributed by atoms with van der Waals surface area (Å²) in [7, 11) is 4.14. The van der Waals surface area contributed by atoms with Gasteiger partial charge in [-0.05, 0) is 20.1 Å². The zero-order valence-electron chi connectivity index (χ0n) is 6.86. The molecule has 0 fully saturated rings. The molecule has 0 radical (unpaired) electrons. The maximum absolute atomic E-state index is 5.53. The Morgan fingerprint density at radius 2 is 2.20 bits per heavy atom. The molecule has 10 heavy (non-hydrogen) atoms. The number of alkyl halides is 1. The van der Waals surface area contributed by atoms with Crippen LogP contribution in [0.5, 0.6) is 0 Å². The Labute approximate surface area is 70.8 Å². The first-order valence-corrected chi connectivity index (χ1v) is 5.93. The van der Waals surface area contributed by atoms with E-state index in [1.165, 1.54) is 6.04 Å². The van der Waals surface area contributed by atoms with Crippen LogP contribution in [0.2, 0.25) is 6.04 Å². The Kier molecular flexibility index (Phi) is 7.85. The minimum Gasteiger partial charge on any atom is -0.341 e. The second-order valence-corrected chi connectivity index (χ2v) is 4.68. The fraction of sp³-hybridized carbons (Fsp3) is 1.00. The van der Waals surface area contributed by atoms with Gasteiger partial charge in [-0.25, -0.2) is 0 Å². The van der Waals surface area contributed by atoms with Crippen molar-refractivity contribution in [2.45, 2.75) is 6.04 Å². The summed E-state index contributed by atoms with van der Waals surface area (Å²) in [6, 6.07) is 1.20. The van der Waals surface area contributed by atoms with Crippen LogP contribution in [0.15, 0.2) is 0 Å². The van der Waals surface area contributed by atoms with Crippen LogP contribution in [-0.2, 0) is 0 Å². The predicted octanol–water partition coefficient (Wildman–Crippen LogP) is -0.122. The van der Waals surface area contributed by atoms with Crippen LogP contribution >= 0.6 is 11.6 Å². The molecule has 0 aromatic heterocycles. The zero-order chi connectivity index (χ0) is 7.82. The van der Waals surface area contributed by atoms with Crippen LogP contribution in [0.25, 0.3) is 0 Å². The molecule has 0 aliphatic rings. The van der Waals surface area contributed by atoms with Crippen LogP contribution in [0.1, 0.15) is 0 Å². The molecular weight excluding hydrogens is 164 g/mol. The van der Waals surface area contributed by atoms with Gasteiger partial charge in [0.05, 0.1) is 9.68 Å². The van der Waals surface area contributed by atoms with E-state index in [0.717, 1.165) is 19.0 Å². The van der Waals surface area contributed by atoms with Crippen molar-refractivity contribution in [1.29, 1.82) is 0 Å². The van der Waals surface area contributed by atoms with Crippen molar-refractivity contribution in [2.75, 3.05) is 33.1 Å². The van der Waals surface area contributed by atoms with Gasteiger partial charge in [0, 0.05) is 19.0 Å². The van der Waals surface area contributed by atoms with Crippen LogP contribution in [0, 0.1) is 0 Å². The van der Waals surface area contributed by atoms with E-state index in [2.05, 4.69) is 24.0 Å². The molecule has 0 aliphatic heterocycles. The molecule has 62 valence electrons. The molecule has 0 bridgehead atoms. The smallest absolute Gasteiger partial charge is 0.0928 e. The van der Waals surface area contributed by atoms with Crippen molar-refractivity contribution in [2.24, 2.45) is 0 Å². The lowest BCUT2D eigenvalue weighted by atomic mass is 10.6. The Bertz CT molecular complexity index is 70.8. The van der Waals surface area contributed by atoms with E-state index in [9.17, 15) is 0 Å². The molecule has 0 saturated heterocycles. The number of nitrogens with zero attached hydrogens (tertiary/aromatic N) is 1. The highest BCUT2D eigenvalue weighted by atomic mass is 35.5. The number of hydrogen-bond donors (Lipinski definition) is 1. The number of likely N-dealkylation sites (N-methyl/N-ethyl adjacent to an activating group) is 1. The molecule has 0 heterocycles. The molecule has 0 aliphatic carbocycles. The van der Waals surface area contributed by atoms with Gasteiger partial charge >= 0.3 is 0 Å². The predicted molar refractivity (Wildman–Crippen MR) is 50.6 cm³/mol. The van der Waals surface area contributed by atoms with Crippen LogP contribution in [0.4, 0.5) is 0 Å². The van der Waals surface area contributed by atoms with Crippen molar-refractivity contribution in [3.8, 4) is 0 Å². The van der Waals surface area contributed by atoms with Gasteiger partial charge in [-0.15, -0.1) is 11.6 Å². The summed E-state index contributed by atoms with van der Waals surface area (Å²) < 4.78 is 0. The van der Waals surface area contributed by atoms with E-state index in [-0.39, 0.29) is 9.68 Å². The fourth-order valence-corrected chi connectivity index (χ4v) is 1.81. The summed E-state index contributed by atoms with van der Waals surface area (Å²) in [5.41, 5.74) is 0. The second-order valence-electron chi connectivity index (χ2n) is 2.60. The Morgan fingerprint density at radius 3 is 2.70 bits per heavy atom. The molecule has 0 unspecified atom stereocenters. The highest BCUT2D eigenvalue weighted by Gasteiger charge is 1.89. The average molecular weight is 181 g/mol. The number of rotatable bonds is 6. The Hall–Kier alpha value is 0.427. The van der Waals surface area contributed by atoms with Gasteiger partial charge in [0.1, 0.15) is 0 Å². The molecule has 0 saturated carbocycles. The SMILES string of the molecule is CN(C)CCN[SiH2]CCCl. The molecule has 4 heteroatoms. The van der Waals surface area contributed by atoms with Gasteiger partial charge in [-0.1, -0.05) is 0 Å². The summed E-state index contributed by atoms with van der Waals surface area (Å²) in [6.07, 6.45) is 0. The molecular formula is C6H17ClN2Si. The van der Waals surface area contributed by atoms with Crippen LogP contribution < -0.4 is 4.98 Å². The lowest BCUT2D eigenvalue weighted by Crippen LogP contribution is -2.29. The van der Waals surface area contributed by atoms with Crippen molar-refractivity contribution in [3.05, 3.63) is 0 Å². The monoisotopic (exact) mass is 180 g/mol. The normalized spacial score (nSPS) is 12.0. The summed E-state index contributed by atoms with van der Waals surface area (Å²) in [5.74, 6) is 0.821. The molecule has 2 nitrogen and oxygen atoms in total. The lowest BCUT2D eigenvalue weighted by Gasteiger charge is -2.09. The van der Waals surface area contributed by atoms with Crippen LogP contribution in [0.3, 0.4) is 0 Å². The quantitative estimate of drug-likeness (QED) is 0.349. The summed E-state index contributed by atoms with van der Waals surface area (Å²) >= 11 is 5.53. The third-order valence-corrected chi connectivity index (χ3v) is 3.35. The van der Waals surface area contributed by atoms with E-state index in [4.69, 9.17) is 11.6 Å². The van der Waals surface area contributed by atoms with E-state index in [1.807, 2.05) is 0 Å². The van der Waals surface area contributed by atoms with Gasteiger partial charge in [-0.3, -0.25) is 0 Å². The van der Waals surface area contributed by atoms with Gasteiger partial charge in [0.25, 0.3) is 0 Å². The van der Waals surface area contributed by atoms with Gasteiger partial charge in [0.2, 0.25) is 0 Å². The number of hydrogen-bond acceptors (Lipinski definition) is 2. The minimum absolute atomic E-state index is 0.0403. The topological polar surface area (TPSA) is 15.3 Å². The standard InChI is InChI=1S/C6H17ClN2Si/c1-9(2)5-4-8-10-6-3-7/h8H,3-6,10H2,1-2H3. The molecule has 0 amide bonds. The van der Waals surface area contributed by atoms with Gasteiger partial charge in [-0.2, -0.15) is 0 Å². The van der Waals surface area contributed by atoms with Crippen LogP contribution in [-0.4, -0.2) is 47.6 Å². The second kappa shape index (κ2) is 7.53. The first kappa shape index (κ1) is 10.4. The third-order valence-electron chi connectivity index (χ3n) is 1.22. The maximum Gasteiger partial charge on any atom is 0.0928 e. The number of nitrogens with one attached hydrogen (secondary N) is 1. The highest BCUT2D eigenvalue weighted by molar-refractivity contribution is 6.35. The maximum atomic E-state index is 5.53. The van der Waals surface area contributed by atoms with Gasteiger partial charge in [0.15, 0.2) is 0 Å². The summed E-state index contributed by atoms with van der Waals surface area (Å²) in [4.78, 5) is 5.61. The molecule has 1 N–H and O–H groups in total. The van der Waals surface area contributed by atoms with E-state index >= 15 is 0 Å². The first-order chi connectivity index (χ1) is 4.77. The van der Waals surface area contributed by atoms with E-state index in [0.29, 0.717) is 0 Å². The largest absolute Gasteiger partial charge is 0.341 e. The lowest BCUT2D eigenvalue weighted by molar-refractivity contribution is 0.414. The van der Waals surface area contributed by atoms with Crippen molar-refractivity contribution >= 4 is 21.3 Å². The van der Waals surface area contributed by atoms with E-state index in [1.54, 1.807) is 0 Å². The fourth-order valence-electron chi connectivity index (χ4n) is 0.619. The Morgan fingerprint density at radius 1 is 1.50 bits per heavy atom. The molecule has 0 aromatic rings. The van der Waals surface area contributed by atoms with Crippen molar-refractivity contribution in [3.63, 3.8) is 0 Å². The molecule has 0 atom stereocenters.